The second-order valence-electron chi connectivity index (χ2n) is 12.7. The predicted octanol–water partition coefficient (Wildman–Crippen LogP) is 0.326. The van der Waals surface area contributed by atoms with Crippen molar-refractivity contribution in [1.82, 2.24) is 36.0 Å². The van der Waals surface area contributed by atoms with Gasteiger partial charge in [0.15, 0.2) is 0 Å². The zero-order valence-electron chi connectivity index (χ0n) is 26.7. The SMILES string of the molecule is O=C(CCCCCNC(=O)[C@@H]1CC[C@@H]2CN1C(=O)N2OS(=O)(=O)O)NNC(=O)c1cn(C2CC2)c2cc(N3CCNCC3)c(F)cc2c1=O. The molecule has 5 amide bonds. The zero-order valence-corrected chi connectivity index (χ0v) is 27.5. The van der Waals surface area contributed by atoms with E-state index in [1.165, 1.54) is 17.2 Å². The first-order valence-electron chi connectivity index (χ1n) is 16.4. The van der Waals surface area contributed by atoms with Crippen LogP contribution in [0.2, 0.25) is 0 Å². The van der Waals surface area contributed by atoms with E-state index in [0.29, 0.717) is 61.5 Å². The number of hydroxylamine groups is 2. The molecule has 1 aromatic heterocycles. The van der Waals surface area contributed by atoms with Gasteiger partial charge in [-0.2, -0.15) is 13.5 Å². The number of halogens is 1. The van der Waals surface area contributed by atoms with E-state index in [1.54, 1.807) is 6.07 Å². The number of piperazine rings is 1. The number of urea groups is 1. The summed E-state index contributed by atoms with van der Waals surface area (Å²) in [4.78, 5) is 67.1. The number of fused-ring (bicyclic) bond motifs is 3. The summed E-state index contributed by atoms with van der Waals surface area (Å²) in [5.41, 5.74) is 4.77. The van der Waals surface area contributed by atoms with Gasteiger partial charge in [0.25, 0.3) is 5.91 Å². The van der Waals surface area contributed by atoms with Gasteiger partial charge in [0, 0.05) is 63.3 Å². The molecule has 1 aromatic carbocycles. The molecule has 49 heavy (non-hydrogen) atoms. The van der Waals surface area contributed by atoms with Gasteiger partial charge in [-0.15, -0.1) is 4.28 Å². The third-order valence-electron chi connectivity index (χ3n) is 9.24. The number of rotatable bonds is 12. The number of nitrogens with one attached hydrogen (secondary N) is 4. The summed E-state index contributed by atoms with van der Waals surface area (Å²) in [6, 6.07) is 0.745. The van der Waals surface area contributed by atoms with Crippen molar-refractivity contribution in [2.45, 2.75) is 69.5 Å². The summed E-state index contributed by atoms with van der Waals surface area (Å²) in [6.45, 7) is 3.09. The number of hydrogen-bond acceptors (Lipinski definition) is 10. The van der Waals surface area contributed by atoms with Gasteiger partial charge in [0.2, 0.25) is 17.2 Å². The number of hydrazine groups is 1. The lowest BCUT2D eigenvalue weighted by molar-refractivity contribution is -0.126. The van der Waals surface area contributed by atoms with Gasteiger partial charge < -0.3 is 25.0 Å². The van der Waals surface area contributed by atoms with Crippen molar-refractivity contribution < 1.29 is 40.8 Å². The van der Waals surface area contributed by atoms with E-state index in [4.69, 9.17) is 4.55 Å². The average molecular weight is 707 g/mol. The van der Waals surface area contributed by atoms with Crippen LogP contribution in [0, 0.1) is 5.82 Å². The topological polar surface area (TPSA) is 212 Å². The molecule has 1 aliphatic carbocycles. The normalized spacial score (nSPS) is 20.9. The Labute approximate surface area is 281 Å². The number of pyridine rings is 1. The lowest BCUT2D eigenvalue weighted by Gasteiger charge is -2.30. The molecule has 266 valence electrons. The summed E-state index contributed by atoms with van der Waals surface area (Å²) >= 11 is 0. The molecule has 6 rings (SSSR count). The van der Waals surface area contributed by atoms with Gasteiger partial charge in [0.1, 0.15) is 17.4 Å². The lowest BCUT2D eigenvalue weighted by Crippen LogP contribution is -2.49. The predicted molar refractivity (Wildman–Crippen MR) is 172 cm³/mol. The van der Waals surface area contributed by atoms with Gasteiger partial charge in [-0.25, -0.2) is 9.18 Å². The van der Waals surface area contributed by atoms with Crippen LogP contribution in [0.15, 0.2) is 23.1 Å². The first-order chi connectivity index (χ1) is 23.4. The number of anilines is 1. The average Bonchev–Trinajstić information content (AvgIpc) is 3.90. The van der Waals surface area contributed by atoms with Gasteiger partial charge in [0.05, 0.1) is 17.2 Å². The molecule has 2 bridgehead atoms. The number of carbonyl (C=O) groups is 4. The van der Waals surface area contributed by atoms with Crippen molar-refractivity contribution in [1.29, 1.82) is 0 Å². The van der Waals surface area contributed by atoms with Crippen molar-refractivity contribution in [2.75, 3.05) is 44.2 Å². The van der Waals surface area contributed by atoms with Crippen LogP contribution in [0.3, 0.4) is 0 Å². The second kappa shape index (κ2) is 14.3. The van der Waals surface area contributed by atoms with Gasteiger partial charge in [-0.05, 0) is 50.7 Å². The van der Waals surface area contributed by atoms with Crippen LogP contribution in [0.25, 0.3) is 10.9 Å². The number of nitrogens with zero attached hydrogens (tertiary/aromatic N) is 4. The standard InChI is InChI=1S/C30H39FN8O9S/c31-22-14-20-24(15-25(22)36-12-10-32-11-13-36)37(18-5-6-18)17-21(27(20)41)28(42)35-34-26(40)4-2-1-3-9-33-29(43)23-8-7-19-16-38(23)30(44)39(19)48-49(45,46)47/h14-15,17-19,23,32H,1-13,16H2,(H,33,43)(H,34,40)(H,35,42)(H,45,46,47)/t19-,23+/m1/s1. The Morgan fingerprint density at radius 2 is 1.73 bits per heavy atom. The van der Waals surface area contributed by atoms with Crippen LogP contribution < -0.4 is 31.8 Å². The monoisotopic (exact) mass is 706 g/mol. The summed E-state index contributed by atoms with van der Waals surface area (Å²) in [5, 5.41) is 6.66. The fourth-order valence-corrected chi connectivity index (χ4v) is 6.99. The second-order valence-corrected chi connectivity index (χ2v) is 13.7. The number of unbranched alkanes of at least 4 members (excludes halogenated alkanes) is 2. The summed E-state index contributed by atoms with van der Waals surface area (Å²) in [5.74, 6) is -2.22. The summed E-state index contributed by atoms with van der Waals surface area (Å²) in [6.07, 6.45) is 5.41. The molecule has 0 spiro atoms. The number of hydrogen-bond donors (Lipinski definition) is 5. The van der Waals surface area contributed by atoms with Crippen LogP contribution in [-0.2, 0) is 24.3 Å². The Kier molecular flexibility index (Phi) is 10.0. The maximum Gasteiger partial charge on any atom is 0.418 e. The third-order valence-corrected chi connectivity index (χ3v) is 9.59. The maximum atomic E-state index is 15.2. The van der Waals surface area contributed by atoms with E-state index >= 15 is 4.39 Å². The third kappa shape index (κ3) is 7.79. The molecule has 0 radical (unpaired) electrons. The molecular weight excluding hydrogens is 667 g/mol. The molecule has 19 heteroatoms. The Morgan fingerprint density at radius 1 is 1.00 bits per heavy atom. The molecule has 4 aliphatic rings. The Hall–Kier alpha value is -4.33. The molecule has 17 nitrogen and oxygen atoms in total. The van der Waals surface area contributed by atoms with Crippen molar-refractivity contribution >= 4 is 50.7 Å². The lowest BCUT2D eigenvalue weighted by atomic mass is 10.0. The van der Waals surface area contributed by atoms with Crippen LogP contribution in [0.4, 0.5) is 14.9 Å². The summed E-state index contributed by atoms with van der Waals surface area (Å²) < 4.78 is 52.4. The highest BCUT2D eigenvalue weighted by atomic mass is 32.3. The number of amides is 5. The van der Waals surface area contributed by atoms with Crippen LogP contribution >= 0.6 is 0 Å². The Bertz CT molecular complexity index is 1810. The molecule has 2 aromatic rings. The van der Waals surface area contributed by atoms with E-state index in [2.05, 4.69) is 25.8 Å². The number of aromatic nitrogens is 1. The Morgan fingerprint density at radius 3 is 2.45 bits per heavy atom. The number of benzene rings is 1. The van der Waals surface area contributed by atoms with E-state index < -0.39 is 57.5 Å². The van der Waals surface area contributed by atoms with Crippen molar-refractivity contribution in [3.63, 3.8) is 0 Å². The molecule has 2 atom stereocenters. The largest absolute Gasteiger partial charge is 0.418 e. The van der Waals surface area contributed by atoms with Gasteiger partial charge in [-0.1, -0.05) is 6.42 Å². The zero-order chi connectivity index (χ0) is 34.9. The highest BCUT2D eigenvalue weighted by Gasteiger charge is 2.49. The maximum absolute atomic E-state index is 15.2. The molecule has 1 saturated carbocycles. The van der Waals surface area contributed by atoms with Crippen LogP contribution in [0.5, 0.6) is 0 Å². The molecule has 4 heterocycles. The summed E-state index contributed by atoms with van der Waals surface area (Å²) in [7, 11) is -4.88. The van der Waals surface area contributed by atoms with Gasteiger partial charge in [-0.3, -0.25) is 34.6 Å². The van der Waals surface area contributed by atoms with Crippen molar-refractivity contribution in [3.8, 4) is 0 Å². The molecule has 3 saturated heterocycles. The molecule has 5 N–H and O–H groups in total. The Balaban J connectivity index is 0.953. The highest BCUT2D eigenvalue weighted by Crippen LogP contribution is 2.38. The minimum Gasteiger partial charge on any atom is -0.367 e. The number of piperidine rings is 1. The molecule has 3 aliphatic heterocycles. The quantitative estimate of drug-likeness (QED) is 0.115. The van der Waals surface area contributed by atoms with E-state index in [0.717, 1.165) is 25.9 Å². The first kappa shape index (κ1) is 34.5. The molecule has 4 fully saturated rings. The highest BCUT2D eigenvalue weighted by molar-refractivity contribution is 7.80. The minimum absolute atomic E-state index is 0.0636. The fraction of sp³-hybridized carbons (Fsp3) is 0.567. The van der Waals surface area contributed by atoms with E-state index in [-0.39, 0.29) is 36.5 Å². The van der Waals surface area contributed by atoms with Crippen molar-refractivity contribution in [3.05, 3.63) is 39.9 Å². The van der Waals surface area contributed by atoms with Crippen molar-refractivity contribution in [2.24, 2.45) is 0 Å². The fourth-order valence-electron chi connectivity index (χ4n) is 6.60. The molecule has 0 unspecified atom stereocenters. The minimum atomic E-state index is -4.88. The van der Waals surface area contributed by atoms with Gasteiger partial charge >= 0.3 is 16.4 Å². The smallest absolute Gasteiger partial charge is 0.367 e. The molecular formula is C30H39FN8O9S. The first-order valence-corrected chi connectivity index (χ1v) is 17.8. The van der Waals surface area contributed by atoms with E-state index in [1.807, 2.05) is 9.47 Å². The van der Waals surface area contributed by atoms with E-state index in [9.17, 15) is 32.4 Å². The van der Waals surface area contributed by atoms with Crippen LogP contribution in [-0.4, -0.2) is 103 Å². The van der Waals surface area contributed by atoms with Crippen LogP contribution in [0.1, 0.15) is 67.8 Å². The number of carbonyl (C=O) groups excluding carboxylic acids is 4.